The Kier molecular flexibility index (Phi) is 5.67. The molecule has 0 amide bonds. The molecule has 3 rings (SSSR count). The number of hydrogen-bond acceptors (Lipinski definition) is 5. The van der Waals surface area contributed by atoms with Gasteiger partial charge >= 0.3 is 0 Å². The zero-order valence-electron chi connectivity index (χ0n) is 16.8. The predicted molar refractivity (Wildman–Crippen MR) is 111 cm³/mol. The summed E-state index contributed by atoms with van der Waals surface area (Å²) in [5, 5.41) is 0.668. The van der Waals surface area contributed by atoms with Gasteiger partial charge in [0, 0.05) is 29.0 Å². The van der Waals surface area contributed by atoms with Crippen LogP contribution in [0.4, 0.5) is 0 Å². The summed E-state index contributed by atoms with van der Waals surface area (Å²) in [5.74, 6) is 1.71. The summed E-state index contributed by atoms with van der Waals surface area (Å²) < 4.78 is 12.6. The normalized spacial score (nSPS) is 11.5. The number of thiophene rings is 1. The lowest BCUT2D eigenvalue weighted by Gasteiger charge is -2.15. The molecule has 0 aliphatic carbocycles. The van der Waals surface area contributed by atoms with Crippen molar-refractivity contribution >= 4 is 21.6 Å². The fourth-order valence-electron chi connectivity index (χ4n) is 3.39. The Hall–Kier alpha value is -2.18. The number of rotatable bonds is 6. The zero-order chi connectivity index (χ0) is 19.7. The van der Waals surface area contributed by atoms with Gasteiger partial charge in [0.25, 0.3) is 5.56 Å². The average Bonchev–Trinajstić information content (AvgIpc) is 2.96. The molecule has 2 heterocycles. The van der Waals surface area contributed by atoms with E-state index in [0.717, 1.165) is 38.0 Å². The molecule has 0 N–H and O–H groups in total. The third-order valence-corrected chi connectivity index (χ3v) is 5.68. The maximum atomic E-state index is 13.5. The van der Waals surface area contributed by atoms with Gasteiger partial charge in [0.15, 0.2) is 0 Å². The summed E-state index contributed by atoms with van der Waals surface area (Å²) >= 11 is 1.57. The highest BCUT2D eigenvalue weighted by Crippen LogP contribution is 2.40. The van der Waals surface area contributed by atoms with Gasteiger partial charge in [-0.3, -0.25) is 9.36 Å². The minimum absolute atomic E-state index is 0.0105. The fourth-order valence-corrected chi connectivity index (χ4v) is 4.43. The maximum Gasteiger partial charge on any atom is 0.263 e. The molecule has 0 unspecified atom stereocenters. The van der Waals surface area contributed by atoms with Crippen LogP contribution >= 0.6 is 11.3 Å². The molecule has 0 aliphatic heterocycles. The van der Waals surface area contributed by atoms with E-state index in [4.69, 9.17) is 14.5 Å². The van der Waals surface area contributed by atoms with Crippen molar-refractivity contribution in [1.29, 1.82) is 0 Å². The predicted octanol–water partition coefficient (Wildman–Crippen LogP) is 4.52. The van der Waals surface area contributed by atoms with Gasteiger partial charge in [0.05, 0.1) is 25.6 Å². The van der Waals surface area contributed by atoms with Crippen molar-refractivity contribution in [3.63, 3.8) is 0 Å². The molecule has 1 aromatic carbocycles. The van der Waals surface area contributed by atoms with E-state index in [1.165, 1.54) is 0 Å². The summed E-state index contributed by atoms with van der Waals surface area (Å²) in [6.45, 7) is 9.16. The molecule has 0 bridgehead atoms. The molecular formula is C21H26N2O3S. The Bertz CT molecular complexity index is 1030. The number of nitrogens with zero attached hydrogens (tertiary/aromatic N) is 2. The summed E-state index contributed by atoms with van der Waals surface area (Å²) in [7, 11) is 3.30. The number of benzene rings is 1. The first kappa shape index (κ1) is 19.6. The Morgan fingerprint density at radius 2 is 1.96 bits per heavy atom. The van der Waals surface area contributed by atoms with Crippen molar-refractivity contribution in [3.05, 3.63) is 44.8 Å². The molecular weight excluding hydrogens is 360 g/mol. The lowest BCUT2D eigenvalue weighted by Crippen LogP contribution is -2.27. The van der Waals surface area contributed by atoms with Crippen LogP contribution in [-0.2, 0) is 11.3 Å². The molecule has 6 heteroatoms. The molecule has 0 saturated heterocycles. The molecule has 0 radical (unpaired) electrons. The molecule has 144 valence electrons. The maximum absolute atomic E-state index is 13.5. The van der Waals surface area contributed by atoms with E-state index in [0.29, 0.717) is 18.5 Å². The Morgan fingerprint density at radius 1 is 1.22 bits per heavy atom. The number of aryl methyl sites for hydroxylation is 2. The molecule has 2 aromatic heterocycles. The molecule has 0 aliphatic rings. The van der Waals surface area contributed by atoms with Gasteiger partial charge in [-0.2, -0.15) is 0 Å². The van der Waals surface area contributed by atoms with Crippen LogP contribution in [0.25, 0.3) is 21.3 Å². The first-order valence-corrected chi connectivity index (χ1v) is 9.88. The minimum atomic E-state index is -0.0105. The summed E-state index contributed by atoms with van der Waals surface area (Å²) in [4.78, 5) is 20.2. The van der Waals surface area contributed by atoms with Gasteiger partial charge < -0.3 is 9.47 Å². The number of fused-ring (bicyclic) bond motifs is 1. The Labute approximate surface area is 163 Å². The standard InChI is InChI=1S/C21H26N2O3S/c1-12(2)19-22-20-18(21(24)23(19)9-10-25-5)17(14(4)27-20)15-11-13(3)7-8-16(15)26-6/h7-8,11-12H,9-10H2,1-6H3. The molecule has 0 saturated carbocycles. The van der Waals surface area contributed by atoms with Crippen molar-refractivity contribution in [2.75, 3.05) is 20.8 Å². The molecule has 3 aromatic rings. The van der Waals surface area contributed by atoms with Crippen LogP contribution < -0.4 is 10.3 Å². The van der Waals surface area contributed by atoms with Crippen molar-refractivity contribution < 1.29 is 9.47 Å². The van der Waals surface area contributed by atoms with E-state index in [2.05, 4.69) is 19.9 Å². The van der Waals surface area contributed by atoms with E-state index < -0.39 is 0 Å². The van der Waals surface area contributed by atoms with Crippen molar-refractivity contribution in [1.82, 2.24) is 9.55 Å². The van der Waals surface area contributed by atoms with Crippen LogP contribution in [-0.4, -0.2) is 30.4 Å². The van der Waals surface area contributed by atoms with Gasteiger partial charge in [-0.25, -0.2) is 4.98 Å². The quantitative estimate of drug-likeness (QED) is 0.625. The smallest absolute Gasteiger partial charge is 0.263 e. The Balaban J connectivity index is 2.38. The van der Waals surface area contributed by atoms with Gasteiger partial charge in [-0.1, -0.05) is 25.5 Å². The van der Waals surface area contributed by atoms with Crippen LogP contribution in [0.5, 0.6) is 5.75 Å². The topological polar surface area (TPSA) is 53.4 Å². The molecule has 0 atom stereocenters. The SMILES string of the molecule is COCCn1c(C(C)C)nc2sc(C)c(-c3cc(C)ccc3OC)c2c1=O. The summed E-state index contributed by atoms with van der Waals surface area (Å²) in [6.07, 6.45) is 0. The van der Waals surface area contributed by atoms with Gasteiger partial charge in [0.2, 0.25) is 0 Å². The zero-order valence-corrected chi connectivity index (χ0v) is 17.6. The third-order valence-electron chi connectivity index (χ3n) is 4.68. The second kappa shape index (κ2) is 7.82. The third kappa shape index (κ3) is 3.51. The van der Waals surface area contributed by atoms with Crippen molar-refractivity contribution in [2.45, 2.75) is 40.2 Å². The highest BCUT2D eigenvalue weighted by atomic mass is 32.1. The van der Waals surface area contributed by atoms with E-state index in [1.54, 1.807) is 30.1 Å². The monoisotopic (exact) mass is 386 g/mol. The van der Waals surface area contributed by atoms with Crippen LogP contribution in [0.1, 0.15) is 36.0 Å². The minimum Gasteiger partial charge on any atom is -0.496 e. The first-order valence-electron chi connectivity index (χ1n) is 9.06. The van der Waals surface area contributed by atoms with Gasteiger partial charge in [0.1, 0.15) is 16.4 Å². The lowest BCUT2D eigenvalue weighted by atomic mass is 10.0. The van der Waals surface area contributed by atoms with E-state index in [9.17, 15) is 4.79 Å². The van der Waals surface area contributed by atoms with Crippen LogP contribution in [0.2, 0.25) is 0 Å². The molecule has 0 spiro atoms. The van der Waals surface area contributed by atoms with E-state index >= 15 is 0 Å². The van der Waals surface area contributed by atoms with Crippen LogP contribution in [0, 0.1) is 13.8 Å². The average molecular weight is 387 g/mol. The molecule has 5 nitrogen and oxygen atoms in total. The Morgan fingerprint density at radius 3 is 2.59 bits per heavy atom. The summed E-state index contributed by atoms with van der Waals surface area (Å²) in [5.41, 5.74) is 2.98. The van der Waals surface area contributed by atoms with Crippen molar-refractivity contribution in [2.24, 2.45) is 0 Å². The van der Waals surface area contributed by atoms with E-state index in [1.807, 2.05) is 26.0 Å². The van der Waals surface area contributed by atoms with Gasteiger partial charge in [-0.15, -0.1) is 11.3 Å². The molecule has 0 fully saturated rings. The highest BCUT2D eigenvalue weighted by Gasteiger charge is 2.22. The van der Waals surface area contributed by atoms with Crippen LogP contribution in [0.3, 0.4) is 0 Å². The second-order valence-corrected chi connectivity index (χ2v) is 8.19. The number of ether oxygens (including phenoxy) is 2. The molecule has 27 heavy (non-hydrogen) atoms. The fraction of sp³-hybridized carbons (Fsp3) is 0.429. The number of aromatic nitrogens is 2. The van der Waals surface area contributed by atoms with Gasteiger partial charge in [-0.05, 0) is 26.0 Å². The number of methoxy groups -OCH3 is 2. The highest BCUT2D eigenvalue weighted by molar-refractivity contribution is 7.19. The number of hydrogen-bond donors (Lipinski definition) is 0. The second-order valence-electron chi connectivity index (χ2n) is 6.99. The van der Waals surface area contributed by atoms with Crippen LogP contribution in [0.15, 0.2) is 23.0 Å². The largest absolute Gasteiger partial charge is 0.496 e. The van der Waals surface area contributed by atoms with Crippen molar-refractivity contribution in [3.8, 4) is 16.9 Å². The summed E-state index contributed by atoms with van der Waals surface area (Å²) in [6, 6.07) is 6.04. The first-order chi connectivity index (χ1) is 12.9. The lowest BCUT2D eigenvalue weighted by molar-refractivity contribution is 0.184. The van der Waals surface area contributed by atoms with E-state index in [-0.39, 0.29) is 11.5 Å².